The standard InChI is InChI=1S/C19H18N4OS/c1-10-7-13(11(2)20)16-14(8-10)19(24)23(3)18(22-16)12-5-4-6-15-17(12)25-9-21-15/h4-9,11H,20H2,1-3H3/t11-/m1/s1. The first-order chi connectivity index (χ1) is 12.0. The Kier molecular flexibility index (Phi) is 3.67. The molecule has 25 heavy (non-hydrogen) atoms. The summed E-state index contributed by atoms with van der Waals surface area (Å²) < 4.78 is 2.64. The Morgan fingerprint density at radius 3 is 2.84 bits per heavy atom. The molecule has 0 bridgehead atoms. The molecule has 2 N–H and O–H groups in total. The lowest BCUT2D eigenvalue weighted by molar-refractivity contribution is 0.814. The Hall–Kier alpha value is -2.57. The van der Waals surface area contributed by atoms with Crippen LogP contribution in [0.3, 0.4) is 0 Å². The Morgan fingerprint density at radius 1 is 1.28 bits per heavy atom. The molecule has 2 aromatic heterocycles. The second-order valence-corrected chi connectivity index (χ2v) is 7.20. The molecule has 0 unspecified atom stereocenters. The summed E-state index contributed by atoms with van der Waals surface area (Å²) in [4.78, 5) is 22.2. The minimum Gasteiger partial charge on any atom is -0.324 e. The monoisotopic (exact) mass is 350 g/mol. The number of aromatic nitrogens is 3. The van der Waals surface area contributed by atoms with Crippen LogP contribution in [0.1, 0.15) is 24.1 Å². The third-order valence-corrected chi connectivity index (χ3v) is 5.32. The van der Waals surface area contributed by atoms with E-state index >= 15 is 0 Å². The molecule has 0 saturated carbocycles. The lowest BCUT2D eigenvalue weighted by Crippen LogP contribution is -2.21. The molecule has 2 aromatic carbocycles. The highest BCUT2D eigenvalue weighted by atomic mass is 32.1. The van der Waals surface area contributed by atoms with Gasteiger partial charge in [0.15, 0.2) is 0 Å². The first-order valence-electron chi connectivity index (χ1n) is 8.07. The van der Waals surface area contributed by atoms with Gasteiger partial charge < -0.3 is 5.73 Å². The number of hydrogen-bond acceptors (Lipinski definition) is 5. The summed E-state index contributed by atoms with van der Waals surface area (Å²) in [6.07, 6.45) is 0. The second kappa shape index (κ2) is 5.75. The topological polar surface area (TPSA) is 73.8 Å². The van der Waals surface area contributed by atoms with Gasteiger partial charge in [-0.05, 0) is 43.2 Å². The summed E-state index contributed by atoms with van der Waals surface area (Å²) >= 11 is 1.55. The maximum atomic E-state index is 13.0. The average Bonchev–Trinajstić information content (AvgIpc) is 3.06. The van der Waals surface area contributed by atoms with Crippen molar-refractivity contribution in [3.63, 3.8) is 0 Å². The van der Waals surface area contributed by atoms with E-state index in [0.717, 1.165) is 26.9 Å². The van der Waals surface area contributed by atoms with Gasteiger partial charge in [-0.1, -0.05) is 12.1 Å². The Labute approximate surface area is 148 Å². The van der Waals surface area contributed by atoms with Crippen LogP contribution in [0.5, 0.6) is 0 Å². The van der Waals surface area contributed by atoms with Crippen molar-refractivity contribution in [3.8, 4) is 11.4 Å². The highest BCUT2D eigenvalue weighted by Gasteiger charge is 2.17. The molecule has 0 radical (unpaired) electrons. The van der Waals surface area contributed by atoms with Crippen LogP contribution in [0, 0.1) is 6.92 Å². The summed E-state index contributed by atoms with van der Waals surface area (Å²) in [6.45, 7) is 3.88. The zero-order valence-electron chi connectivity index (χ0n) is 14.3. The molecule has 126 valence electrons. The van der Waals surface area contributed by atoms with Gasteiger partial charge in [0.05, 0.1) is 26.6 Å². The Balaban J connectivity index is 2.14. The predicted octanol–water partition coefficient (Wildman–Crippen LogP) is 3.54. The fourth-order valence-corrected chi connectivity index (χ4v) is 4.00. The molecule has 0 aliphatic heterocycles. The van der Waals surface area contributed by atoms with Crippen LogP contribution in [0.2, 0.25) is 0 Å². The number of nitrogens with zero attached hydrogens (tertiary/aromatic N) is 3. The summed E-state index contributed by atoms with van der Waals surface area (Å²) in [5, 5.41) is 0.607. The largest absolute Gasteiger partial charge is 0.324 e. The summed E-state index contributed by atoms with van der Waals surface area (Å²) in [5.74, 6) is 0.637. The fourth-order valence-electron chi connectivity index (χ4n) is 3.20. The molecule has 0 fully saturated rings. The SMILES string of the molecule is Cc1cc([C@@H](C)N)c2nc(-c3cccc4ncsc34)n(C)c(=O)c2c1. The third-order valence-electron chi connectivity index (χ3n) is 4.44. The molecule has 0 spiro atoms. The van der Waals surface area contributed by atoms with Gasteiger partial charge in [-0.25, -0.2) is 9.97 Å². The second-order valence-electron chi connectivity index (χ2n) is 6.34. The fraction of sp³-hybridized carbons (Fsp3) is 0.211. The van der Waals surface area contributed by atoms with Gasteiger partial charge >= 0.3 is 0 Å². The van der Waals surface area contributed by atoms with E-state index in [4.69, 9.17) is 10.7 Å². The number of hydrogen-bond donors (Lipinski definition) is 1. The lowest BCUT2D eigenvalue weighted by Gasteiger charge is -2.15. The molecule has 4 aromatic rings. The molecule has 0 aliphatic rings. The Bertz CT molecular complexity index is 1170. The van der Waals surface area contributed by atoms with E-state index in [2.05, 4.69) is 4.98 Å². The number of fused-ring (bicyclic) bond motifs is 2. The van der Waals surface area contributed by atoms with Crippen LogP contribution >= 0.6 is 11.3 Å². The van der Waals surface area contributed by atoms with E-state index in [-0.39, 0.29) is 11.6 Å². The molecule has 2 heterocycles. The van der Waals surface area contributed by atoms with E-state index in [0.29, 0.717) is 16.7 Å². The van der Waals surface area contributed by atoms with Crippen LogP contribution in [-0.2, 0) is 7.05 Å². The normalized spacial score (nSPS) is 12.8. The number of thiazole rings is 1. The van der Waals surface area contributed by atoms with E-state index in [1.54, 1.807) is 23.0 Å². The molecular weight excluding hydrogens is 332 g/mol. The molecule has 5 nitrogen and oxygen atoms in total. The minimum absolute atomic E-state index is 0.0629. The van der Waals surface area contributed by atoms with E-state index < -0.39 is 0 Å². The van der Waals surface area contributed by atoms with Crippen molar-refractivity contribution in [2.24, 2.45) is 12.8 Å². The number of aryl methyl sites for hydroxylation is 1. The van der Waals surface area contributed by atoms with Crippen molar-refractivity contribution in [1.29, 1.82) is 0 Å². The molecule has 0 aliphatic carbocycles. The molecule has 6 heteroatoms. The van der Waals surface area contributed by atoms with Crippen molar-refractivity contribution in [2.75, 3.05) is 0 Å². The third kappa shape index (κ3) is 2.45. The van der Waals surface area contributed by atoms with Crippen LogP contribution in [0.15, 0.2) is 40.6 Å². The molecule has 0 saturated heterocycles. The van der Waals surface area contributed by atoms with Crippen molar-refractivity contribution in [3.05, 3.63) is 57.3 Å². The van der Waals surface area contributed by atoms with Crippen LogP contribution in [0.25, 0.3) is 32.5 Å². The first-order valence-corrected chi connectivity index (χ1v) is 8.95. The first kappa shape index (κ1) is 15.9. The molecular formula is C19H18N4OS. The van der Waals surface area contributed by atoms with Gasteiger partial charge in [0, 0.05) is 18.7 Å². The van der Waals surface area contributed by atoms with Crippen LogP contribution in [-0.4, -0.2) is 14.5 Å². The van der Waals surface area contributed by atoms with Crippen LogP contribution < -0.4 is 11.3 Å². The van der Waals surface area contributed by atoms with Crippen molar-refractivity contribution >= 4 is 32.5 Å². The number of rotatable bonds is 2. The van der Waals surface area contributed by atoms with E-state index in [9.17, 15) is 4.79 Å². The zero-order valence-corrected chi connectivity index (χ0v) is 15.1. The minimum atomic E-state index is -0.200. The maximum Gasteiger partial charge on any atom is 0.261 e. The van der Waals surface area contributed by atoms with Gasteiger partial charge in [0.2, 0.25) is 0 Å². The van der Waals surface area contributed by atoms with Gasteiger partial charge in [0.25, 0.3) is 5.56 Å². The zero-order chi connectivity index (χ0) is 17.7. The van der Waals surface area contributed by atoms with Gasteiger partial charge in [-0.3, -0.25) is 9.36 Å². The molecule has 4 rings (SSSR count). The maximum absolute atomic E-state index is 13.0. The molecule has 1 atom stereocenters. The summed E-state index contributed by atoms with van der Waals surface area (Å²) in [7, 11) is 1.76. The van der Waals surface area contributed by atoms with Gasteiger partial charge in [-0.2, -0.15) is 0 Å². The van der Waals surface area contributed by atoms with Crippen molar-refractivity contribution in [1.82, 2.24) is 14.5 Å². The summed E-state index contributed by atoms with van der Waals surface area (Å²) in [5.41, 5.74) is 12.3. The van der Waals surface area contributed by atoms with Crippen molar-refractivity contribution in [2.45, 2.75) is 19.9 Å². The summed E-state index contributed by atoms with van der Waals surface area (Å²) in [6, 6.07) is 9.58. The number of benzene rings is 2. The molecule has 0 amide bonds. The van der Waals surface area contributed by atoms with E-state index in [1.807, 2.05) is 49.7 Å². The van der Waals surface area contributed by atoms with Crippen LogP contribution in [0.4, 0.5) is 0 Å². The predicted molar refractivity (Wildman–Crippen MR) is 103 cm³/mol. The van der Waals surface area contributed by atoms with Gasteiger partial charge in [0.1, 0.15) is 5.82 Å². The highest BCUT2D eigenvalue weighted by Crippen LogP contribution is 2.31. The average molecular weight is 350 g/mol. The highest BCUT2D eigenvalue weighted by molar-refractivity contribution is 7.17. The van der Waals surface area contributed by atoms with Crippen molar-refractivity contribution < 1.29 is 0 Å². The Morgan fingerprint density at radius 2 is 2.08 bits per heavy atom. The van der Waals surface area contributed by atoms with Gasteiger partial charge in [-0.15, -0.1) is 11.3 Å². The van der Waals surface area contributed by atoms with E-state index in [1.165, 1.54) is 0 Å². The number of nitrogens with two attached hydrogens (primary N) is 1. The quantitative estimate of drug-likeness (QED) is 0.600. The smallest absolute Gasteiger partial charge is 0.261 e. The lowest BCUT2D eigenvalue weighted by atomic mass is 10.0.